The molecule has 0 aliphatic heterocycles. The van der Waals surface area contributed by atoms with Crippen molar-refractivity contribution >= 4 is 29.7 Å². The normalized spacial score (nSPS) is 15.2. The Balaban J connectivity index is 0.00000162. The molecule has 2 rings (SSSR count). The molecule has 1 aromatic rings. The van der Waals surface area contributed by atoms with Gasteiger partial charge >= 0.3 is 0 Å². The molecule has 0 bridgehead atoms. The summed E-state index contributed by atoms with van der Waals surface area (Å²) in [6.45, 7) is 1.81. The number of rotatable bonds is 3. The molecule has 1 aromatic heterocycles. The predicted molar refractivity (Wildman–Crippen MR) is 73.8 cm³/mol. The minimum atomic E-state index is -0.0380. The SMILES string of the molecule is CCC(=O)Nc1c(N)cnnc1C1CCCC1.Cl. The molecule has 3 N–H and O–H groups in total. The van der Waals surface area contributed by atoms with Crippen molar-refractivity contribution in [2.45, 2.75) is 44.9 Å². The molecular formula is C12H19ClN4O. The number of amides is 1. The first-order valence-electron chi connectivity index (χ1n) is 6.13. The Morgan fingerprint density at radius 1 is 1.50 bits per heavy atom. The third kappa shape index (κ3) is 3.10. The van der Waals surface area contributed by atoms with Crippen LogP contribution in [0.5, 0.6) is 0 Å². The van der Waals surface area contributed by atoms with Crippen molar-refractivity contribution < 1.29 is 4.79 Å². The summed E-state index contributed by atoms with van der Waals surface area (Å²) in [6, 6.07) is 0. The minimum absolute atomic E-state index is 0. The van der Waals surface area contributed by atoms with Crippen molar-refractivity contribution in [3.8, 4) is 0 Å². The highest BCUT2D eigenvalue weighted by Gasteiger charge is 2.23. The summed E-state index contributed by atoms with van der Waals surface area (Å²) in [4.78, 5) is 11.5. The van der Waals surface area contributed by atoms with Gasteiger partial charge in [-0.1, -0.05) is 19.8 Å². The fourth-order valence-corrected chi connectivity index (χ4v) is 2.26. The van der Waals surface area contributed by atoms with Gasteiger partial charge in [0.1, 0.15) is 0 Å². The molecular weight excluding hydrogens is 252 g/mol. The summed E-state index contributed by atoms with van der Waals surface area (Å²) in [7, 11) is 0. The number of nitrogens with zero attached hydrogens (tertiary/aromatic N) is 2. The van der Waals surface area contributed by atoms with E-state index >= 15 is 0 Å². The van der Waals surface area contributed by atoms with Crippen molar-refractivity contribution in [3.05, 3.63) is 11.9 Å². The second-order valence-corrected chi connectivity index (χ2v) is 4.44. The Labute approximate surface area is 113 Å². The van der Waals surface area contributed by atoms with E-state index in [-0.39, 0.29) is 18.3 Å². The van der Waals surface area contributed by atoms with E-state index in [0.717, 1.165) is 18.5 Å². The Morgan fingerprint density at radius 3 is 2.78 bits per heavy atom. The number of nitrogens with two attached hydrogens (primary N) is 1. The maximum absolute atomic E-state index is 11.5. The molecule has 1 aliphatic rings. The number of nitrogen functional groups attached to an aromatic ring is 1. The molecule has 0 saturated heterocycles. The Bertz CT molecular complexity index is 419. The second kappa shape index (κ2) is 6.54. The zero-order chi connectivity index (χ0) is 12.3. The first kappa shape index (κ1) is 14.7. The molecule has 0 unspecified atom stereocenters. The van der Waals surface area contributed by atoms with E-state index in [0.29, 0.717) is 23.7 Å². The topological polar surface area (TPSA) is 80.9 Å². The molecule has 100 valence electrons. The summed E-state index contributed by atoms with van der Waals surface area (Å²) < 4.78 is 0. The predicted octanol–water partition coefficient (Wildman–Crippen LogP) is 2.49. The first-order chi connectivity index (χ1) is 8.22. The smallest absolute Gasteiger partial charge is 0.224 e. The summed E-state index contributed by atoms with van der Waals surface area (Å²) in [6.07, 6.45) is 6.56. The molecule has 0 spiro atoms. The molecule has 6 heteroatoms. The molecule has 1 amide bonds. The molecule has 1 fully saturated rings. The van der Waals surface area contributed by atoms with Crippen molar-refractivity contribution in [2.24, 2.45) is 0 Å². The summed E-state index contributed by atoms with van der Waals surface area (Å²) in [5.74, 6) is 0.349. The zero-order valence-corrected chi connectivity index (χ0v) is 11.3. The number of halogens is 1. The molecule has 0 atom stereocenters. The lowest BCUT2D eigenvalue weighted by Crippen LogP contribution is -2.15. The van der Waals surface area contributed by atoms with Crippen LogP contribution in [0.3, 0.4) is 0 Å². The number of anilines is 2. The highest BCUT2D eigenvalue weighted by molar-refractivity contribution is 5.94. The Hall–Kier alpha value is -1.36. The number of nitrogens with one attached hydrogen (secondary N) is 1. The third-order valence-electron chi connectivity index (χ3n) is 3.23. The van der Waals surface area contributed by atoms with E-state index in [9.17, 15) is 4.79 Å². The Kier molecular flexibility index (Phi) is 5.34. The van der Waals surface area contributed by atoms with Gasteiger partial charge in [0.15, 0.2) is 0 Å². The van der Waals surface area contributed by atoms with E-state index in [1.54, 1.807) is 0 Å². The average molecular weight is 271 g/mol. The van der Waals surface area contributed by atoms with Gasteiger partial charge in [0, 0.05) is 12.3 Å². The van der Waals surface area contributed by atoms with E-state index in [4.69, 9.17) is 5.73 Å². The van der Waals surface area contributed by atoms with E-state index < -0.39 is 0 Å². The molecule has 1 saturated carbocycles. The summed E-state index contributed by atoms with van der Waals surface area (Å²) >= 11 is 0. The van der Waals surface area contributed by atoms with Crippen molar-refractivity contribution in [1.29, 1.82) is 0 Å². The minimum Gasteiger partial charge on any atom is -0.396 e. The molecule has 0 aromatic carbocycles. The maximum atomic E-state index is 11.5. The van der Waals surface area contributed by atoms with Gasteiger partial charge in [0.2, 0.25) is 5.91 Å². The molecule has 18 heavy (non-hydrogen) atoms. The Morgan fingerprint density at radius 2 is 2.17 bits per heavy atom. The van der Waals surface area contributed by atoms with Gasteiger partial charge in [0.25, 0.3) is 0 Å². The van der Waals surface area contributed by atoms with E-state index in [1.807, 2.05) is 6.92 Å². The third-order valence-corrected chi connectivity index (χ3v) is 3.23. The van der Waals surface area contributed by atoms with E-state index in [2.05, 4.69) is 15.5 Å². The van der Waals surface area contributed by atoms with Crippen LogP contribution in [0.2, 0.25) is 0 Å². The van der Waals surface area contributed by atoms with Crippen molar-refractivity contribution in [3.63, 3.8) is 0 Å². The molecule has 5 nitrogen and oxygen atoms in total. The lowest BCUT2D eigenvalue weighted by atomic mass is 10.0. The largest absolute Gasteiger partial charge is 0.396 e. The van der Waals surface area contributed by atoms with Crippen LogP contribution in [0.15, 0.2) is 6.20 Å². The van der Waals surface area contributed by atoms with Crippen LogP contribution in [0.25, 0.3) is 0 Å². The number of carbonyl (C=O) groups is 1. The van der Waals surface area contributed by atoms with Gasteiger partial charge in [-0.25, -0.2) is 0 Å². The standard InChI is InChI=1S/C12H18N4O.ClH/c1-2-10(17)15-12-9(13)7-14-16-11(12)8-5-3-4-6-8;/h7-8H,2-6H2,1H3,(H2,13,16)(H,14,15,17);1H. The van der Waals surface area contributed by atoms with Crippen LogP contribution >= 0.6 is 12.4 Å². The summed E-state index contributed by atoms with van der Waals surface area (Å²) in [5.41, 5.74) is 7.89. The van der Waals surface area contributed by atoms with Gasteiger partial charge in [-0.05, 0) is 12.8 Å². The van der Waals surface area contributed by atoms with E-state index in [1.165, 1.54) is 19.0 Å². The lowest BCUT2D eigenvalue weighted by molar-refractivity contribution is -0.115. The quantitative estimate of drug-likeness (QED) is 0.884. The maximum Gasteiger partial charge on any atom is 0.224 e. The van der Waals surface area contributed by atoms with Crippen molar-refractivity contribution in [1.82, 2.24) is 10.2 Å². The molecule has 0 radical (unpaired) electrons. The second-order valence-electron chi connectivity index (χ2n) is 4.44. The summed E-state index contributed by atoms with van der Waals surface area (Å²) in [5, 5.41) is 10.9. The fourth-order valence-electron chi connectivity index (χ4n) is 2.26. The number of carbonyl (C=O) groups excluding carboxylic acids is 1. The first-order valence-corrected chi connectivity index (χ1v) is 6.13. The van der Waals surface area contributed by atoms with Gasteiger partial charge < -0.3 is 11.1 Å². The molecule has 1 heterocycles. The monoisotopic (exact) mass is 270 g/mol. The van der Waals surface area contributed by atoms with Gasteiger partial charge in [-0.3, -0.25) is 4.79 Å². The average Bonchev–Trinajstić information content (AvgIpc) is 2.85. The van der Waals surface area contributed by atoms with Crippen LogP contribution in [0.1, 0.15) is 50.6 Å². The van der Waals surface area contributed by atoms with Crippen molar-refractivity contribution in [2.75, 3.05) is 11.1 Å². The van der Waals surface area contributed by atoms with Crippen LogP contribution in [-0.4, -0.2) is 16.1 Å². The number of hydrogen-bond donors (Lipinski definition) is 2. The zero-order valence-electron chi connectivity index (χ0n) is 10.5. The number of aromatic nitrogens is 2. The van der Waals surface area contributed by atoms with Crippen LogP contribution in [-0.2, 0) is 4.79 Å². The number of hydrogen-bond acceptors (Lipinski definition) is 4. The lowest BCUT2D eigenvalue weighted by Gasteiger charge is -2.15. The van der Waals surface area contributed by atoms with Crippen LogP contribution in [0, 0.1) is 0 Å². The van der Waals surface area contributed by atoms with Gasteiger partial charge in [-0.15, -0.1) is 12.4 Å². The fraction of sp³-hybridized carbons (Fsp3) is 0.583. The molecule has 1 aliphatic carbocycles. The highest BCUT2D eigenvalue weighted by atomic mass is 35.5. The van der Waals surface area contributed by atoms with Gasteiger partial charge in [0.05, 0.1) is 23.3 Å². The van der Waals surface area contributed by atoms with Crippen LogP contribution < -0.4 is 11.1 Å². The van der Waals surface area contributed by atoms with Crippen LogP contribution in [0.4, 0.5) is 11.4 Å². The van der Waals surface area contributed by atoms with Gasteiger partial charge in [-0.2, -0.15) is 10.2 Å². The highest BCUT2D eigenvalue weighted by Crippen LogP contribution is 2.37.